The van der Waals surface area contributed by atoms with Crippen molar-refractivity contribution in [3.05, 3.63) is 41.5 Å². The molecule has 0 bridgehead atoms. The van der Waals surface area contributed by atoms with E-state index in [1.807, 2.05) is 0 Å². The van der Waals surface area contributed by atoms with Gasteiger partial charge in [0.05, 0.1) is 0 Å². The summed E-state index contributed by atoms with van der Waals surface area (Å²) in [6, 6.07) is 8.49. The summed E-state index contributed by atoms with van der Waals surface area (Å²) in [5.74, 6) is 0. The van der Waals surface area contributed by atoms with Crippen molar-refractivity contribution < 1.29 is 40.1 Å². The Labute approximate surface area is 93.6 Å². The smallest absolute Gasteiger partial charge is 1.00 e. The monoisotopic (exact) mass is 353 g/mol. The molecule has 0 amide bonds. The molecule has 0 N–H and O–H groups in total. The van der Waals surface area contributed by atoms with Crippen LogP contribution in [0, 0.1) is 0 Å². The molecule has 1 aliphatic carbocycles. The molecule has 0 spiro atoms. The van der Waals surface area contributed by atoms with Crippen LogP contribution in [0.5, 0.6) is 0 Å². The quantitative estimate of drug-likeness (QED) is 0.540. The zero-order valence-corrected chi connectivity index (χ0v) is 12.5. The number of halogens is 1. The summed E-state index contributed by atoms with van der Waals surface area (Å²) in [4.78, 5) is 0. The van der Waals surface area contributed by atoms with E-state index in [-0.39, 0.29) is 40.1 Å². The molecule has 2 heteroatoms. The standard InChI is InChI=1S/C9H8.ClH.Hg/c1-2-5-9-7-3-6-8(9)4-1;;/h1-6H,7H2;1H;/q;;+1/p-1. The SMILES string of the molecule is C1=Cc2ccccc2C1.[Cl-].[Hg+]. The van der Waals surface area contributed by atoms with Gasteiger partial charge < -0.3 is 12.4 Å². The molecule has 1 radical (unpaired) electrons. The summed E-state index contributed by atoms with van der Waals surface area (Å²) in [6.45, 7) is 0. The molecule has 0 unspecified atom stereocenters. The van der Waals surface area contributed by atoms with Crippen LogP contribution in [0.25, 0.3) is 6.08 Å². The van der Waals surface area contributed by atoms with Gasteiger partial charge in [-0.25, -0.2) is 0 Å². The minimum absolute atomic E-state index is 0. The molecule has 0 saturated heterocycles. The summed E-state index contributed by atoms with van der Waals surface area (Å²) < 4.78 is 0. The van der Waals surface area contributed by atoms with Gasteiger partial charge in [-0.2, -0.15) is 0 Å². The molecule has 0 nitrogen and oxygen atoms in total. The molecule has 0 heterocycles. The molecule has 0 aliphatic heterocycles. The van der Waals surface area contributed by atoms with Crippen LogP contribution in [-0.4, -0.2) is 0 Å². The van der Waals surface area contributed by atoms with Crippen molar-refractivity contribution in [1.29, 1.82) is 0 Å². The third-order valence-electron chi connectivity index (χ3n) is 1.69. The van der Waals surface area contributed by atoms with Gasteiger partial charge in [0.1, 0.15) is 0 Å². The molecular weight excluding hydrogens is 344 g/mol. The Balaban J connectivity index is 0.000000500. The van der Waals surface area contributed by atoms with Crippen LogP contribution in [-0.2, 0) is 34.1 Å². The molecule has 0 saturated carbocycles. The van der Waals surface area contributed by atoms with Gasteiger partial charge in [-0.15, -0.1) is 0 Å². The summed E-state index contributed by atoms with van der Waals surface area (Å²) >= 11 is 0. The van der Waals surface area contributed by atoms with Gasteiger partial charge in [-0.1, -0.05) is 36.4 Å². The first-order valence-electron chi connectivity index (χ1n) is 3.21. The maximum atomic E-state index is 2.20. The van der Waals surface area contributed by atoms with Crippen molar-refractivity contribution in [2.45, 2.75) is 6.42 Å². The third-order valence-corrected chi connectivity index (χ3v) is 1.69. The number of rotatable bonds is 0. The van der Waals surface area contributed by atoms with Gasteiger partial charge in [0.2, 0.25) is 0 Å². The third kappa shape index (κ3) is 2.31. The summed E-state index contributed by atoms with van der Waals surface area (Å²) in [5, 5.41) is 0. The van der Waals surface area contributed by atoms with Crippen LogP contribution in [0.2, 0.25) is 0 Å². The number of fused-ring (bicyclic) bond motifs is 1. The number of benzene rings is 1. The predicted molar refractivity (Wildman–Crippen MR) is 39.2 cm³/mol. The summed E-state index contributed by atoms with van der Waals surface area (Å²) in [5.41, 5.74) is 2.84. The molecule has 2 rings (SSSR count). The van der Waals surface area contributed by atoms with E-state index in [0.717, 1.165) is 6.42 Å². The van der Waals surface area contributed by atoms with E-state index in [2.05, 4.69) is 36.4 Å². The largest absolute Gasteiger partial charge is 1.00 e. The zero-order chi connectivity index (χ0) is 6.10. The van der Waals surface area contributed by atoms with Crippen LogP contribution in [0.4, 0.5) is 0 Å². The maximum Gasteiger partial charge on any atom is 1.00 e. The number of hydrogen-bond donors (Lipinski definition) is 0. The first-order valence-corrected chi connectivity index (χ1v) is 3.21. The molecule has 0 atom stereocenters. The maximum absolute atomic E-state index is 2.20. The van der Waals surface area contributed by atoms with Crippen molar-refractivity contribution in [2.24, 2.45) is 0 Å². The van der Waals surface area contributed by atoms with Crippen LogP contribution >= 0.6 is 0 Å². The molecule has 53 valence electrons. The second-order valence-corrected chi connectivity index (χ2v) is 2.31. The van der Waals surface area contributed by atoms with E-state index >= 15 is 0 Å². The fourth-order valence-corrected chi connectivity index (χ4v) is 1.20. The fraction of sp³-hybridized carbons (Fsp3) is 0.111. The molecular formula is C9H8ClHg. The van der Waals surface area contributed by atoms with Crippen molar-refractivity contribution in [1.82, 2.24) is 0 Å². The van der Waals surface area contributed by atoms with E-state index in [0.29, 0.717) is 0 Å². The first kappa shape index (κ1) is 11.2. The average molecular weight is 352 g/mol. The van der Waals surface area contributed by atoms with Crippen molar-refractivity contribution >= 4 is 6.08 Å². The minimum Gasteiger partial charge on any atom is -1.00 e. The van der Waals surface area contributed by atoms with E-state index in [9.17, 15) is 0 Å². The normalized spacial score (nSPS) is 11.3. The topological polar surface area (TPSA) is 0 Å². The zero-order valence-electron chi connectivity index (χ0n) is 6.26. The van der Waals surface area contributed by atoms with Gasteiger partial charge in [-0.05, 0) is 17.5 Å². The Kier molecular flexibility index (Phi) is 5.03. The van der Waals surface area contributed by atoms with Crippen LogP contribution in [0.15, 0.2) is 30.3 Å². The Morgan fingerprint density at radius 3 is 2.55 bits per heavy atom. The van der Waals surface area contributed by atoms with Crippen LogP contribution in [0.3, 0.4) is 0 Å². The number of allylic oxidation sites excluding steroid dienone is 1. The van der Waals surface area contributed by atoms with Crippen molar-refractivity contribution in [3.63, 3.8) is 0 Å². The van der Waals surface area contributed by atoms with E-state index in [1.54, 1.807) is 0 Å². The Morgan fingerprint density at radius 1 is 1.09 bits per heavy atom. The van der Waals surface area contributed by atoms with Gasteiger partial charge in [0, 0.05) is 0 Å². The molecule has 1 aromatic carbocycles. The van der Waals surface area contributed by atoms with Gasteiger partial charge in [0.25, 0.3) is 0 Å². The molecule has 0 fully saturated rings. The summed E-state index contributed by atoms with van der Waals surface area (Å²) in [6.07, 6.45) is 5.50. The van der Waals surface area contributed by atoms with Gasteiger partial charge in [0.15, 0.2) is 0 Å². The average Bonchev–Trinajstić information content (AvgIpc) is 2.33. The minimum atomic E-state index is 0. The fourth-order valence-electron chi connectivity index (χ4n) is 1.20. The molecule has 1 aliphatic rings. The second-order valence-electron chi connectivity index (χ2n) is 2.31. The van der Waals surface area contributed by atoms with Crippen molar-refractivity contribution in [3.8, 4) is 0 Å². The molecule has 1 aromatic rings. The summed E-state index contributed by atoms with van der Waals surface area (Å²) in [7, 11) is 0. The number of hydrogen-bond acceptors (Lipinski definition) is 0. The molecule has 11 heavy (non-hydrogen) atoms. The Hall–Kier alpha value is 0.185. The first-order chi connectivity index (χ1) is 4.47. The van der Waals surface area contributed by atoms with Gasteiger partial charge in [-0.3, -0.25) is 0 Å². The second kappa shape index (κ2) is 4.94. The Bertz CT molecular complexity index is 255. The van der Waals surface area contributed by atoms with Gasteiger partial charge >= 0.3 is 27.7 Å². The van der Waals surface area contributed by atoms with Crippen LogP contribution in [0.1, 0.15) is 11.1 Å². The van der Waals surface area contributed by atoms with Crippen molar-refractivity contribution in [2.75, 3.05) is 0 Å². The Morgan fingerprint density at radius 2 is 1.82 bits per heavy atom. The van der Waals surface area contributed by atoms with E-state index in [1.165, 1.54) is 11.1 Å². The van der Waals surface area contributed by atoms with E-state index in [4.69, 9.17) is 0 Å². The molecule has 0 aromatic heterocycles. The van der Waals surface area contributed by atoms with Crippen LogP contribution < -0.4 is 12.4 Å². The van der Waals surface area contributed by atoms with E-state index < -0.39 is 0 Å². The predicted octanol–water partition coefficient (Wildman–Crippen LogP) is -0.743.